The van der Waals surface area contributed by atoms with E-state index in [1.165, 1.54) is 6.92 Å². The van der Waals surface area contributed by atoms with E-state index in [4.69, 9.17) is 0 Å². The van der Waals surface area contributed by atoms with Crippen LogP contribution < -0.4 is 0 Å². The van der Waals surface area contributed by atoms with Crippen molar-refractivity contribution in [1.82, 2.24) is 0 Å². The van der Waals surface area contributed by atoms with Gasteiger partial charge in [-0.05, 0) is 6.42 Å². The van der Waals surface area contributed by atoms with Crippen LogP contribution in [0.15, 0.2) is 0 Å². The molecule has 0 aromatic rings. The number of ketones is 1. The summed E-state index contributed by atoms with van der Waals surface area (Å²) in [6.07, 6.45) is 2.56. The highest BCUT2D eigenvalue weighted by atomic mass is 16.6. The molecule has 0 N–H and O–H groups in total. The first-order chi connectivity index (χ1) is 7.84. The number of hydrogen-bond donors (Lipinski definition) is 0. The molecule has 0 aromatic heterocycles. The number of carbonyl (C=O) groups is 2. The molecule has 0 radical (unpaired) electrons. The summed E-state index contributed by atoms with van der Waals surface area (Å²) in [6, 6.07) is 0. The van der Waals surface area contributed by atoms with E-state index in [9.17, 15) is 19.7 Å². The van der Waals surface area contributed by atoms with Gasteiger partial charge in [-0.1, -0.05) is 19.8 Å². The Morgan fingerprint density at radius 3 is 2.35 bits per heavy atom. The fraction of sp³-hybridized carbons (Fsp3) is 0.818. The highest BCUT2D eigenvalue weighted by Crippen LogP contribution is 2.16. The van der Waals surface area contributed by atoms with Crippen LogP contribution in [-0.4, -0.2) is 28.8 Å². The average molecular weight is 245 g/mol. The highest BCUT2D eigenvalue weighted by Gasteiger charge is 2.46. The Morgan fingerprint density at radius 1 is 1.35 bits per heavy atom. The summed E-state index contributed by atoms with van der Waals surface area (Å²) < 4.78 is 4.59. The molecule has 0 bridgehead atoms. The summed E-state index contributed by atoms with van der Waals surface area (Å²) in [4.78, 5) is 32.6. The molecule has 1 atom stereocenters. The summed E-state index contributed by atoms with van der Waals surface area (Å²) in [5.41, 5.74) is -1.82. The van der Waals surface area contributed by atoms with Crippen LogP contribution in [-0.2, 0) is 14.3 Å². The number of esters is 1. The molecule has 0 spiro atoms. The molecular formula is C11H19NO5. The molecule has 0 aromatic carbocycles. The molecule has 0 aliphatic carbocycles. The minimum absolute atomic E-state index is 0.145. The number of nitro groups is 1. The topological polar surface area (TPSA) is 86.5 Å². The largest absolute Gasteiger partial charge is 0.458 e. The molecule has 1 unspecified atom stereocenters. The molecular weight excluding hydrogens is 226 g/mol. The van der Waals surface area contributed by atoms with Crippen LogP contribution in [0.4, 0.5) is 0 Å². The molecule has 6 nitrogen and oxygen atoms in total. The maximum Gasteiger partial charge on any atom is 0.309 e. The zero-order valence-corrected chi connectivity index (χ0v) is 10.5. The number of ether oxygens (including phenoxy) is 1. The van der Waals surface area contributed by atoms with E-state index in [0.29, 0.717) is 6.42 Å². The van der Waals surface area contributed by atoms with Crippen LogP contribution >= 0.6 is 0 Å². The number of hydrogen-bond acceptors (Lipinski definition) is 5. The van der Waals surface area contributed by atoms with Gasteiger partial charge >= 0.3 is 11.5 Å². The SMILES string of the molecule is CCCCCC(=O)C(C)(COC(C)=O)[N+](=O)[O-]. The average Bonchev–Trinajstić information content (AvgIpc) is 2.25. The van der Waals surface area contributed by atoms with Gasteiger partial charge in [0.05, 0.1) is 0 Å². The Kier molecular flexibility index (Phi) is 6.38. The van der Waals surface area contributed by atoms with E-state index in [0.717, 1.165) is 19.8 Å². The lowest BCUT2D eigenvalue weighted by atomic mass is 9.94. The van der Waals surface area contributed by atoms with Crippen LogP contribution in [0.25, 0.3) is 0 Å². The Labute approximate surface area is 100 Å². The second-order valence-corrected chi connectivity index (χ2v) is 4.19. The highest BCUT2D eigenvalue weighted by molar-refractivity contribution is 5.87. The van der Waals surface area contributed by atoms with E-state index in [1.54, 1.807) is 0 Å². The molecule has 0 heterocycles. The lowest BCUT2D eigenvalue weighted by Gasteiger charge is -2.18. The lowest BCUT2D eigenvalue weighted by Crippen LogP contribution is -2.48. The normalized spacial score (nSPS) is 13.8. The van der Waals surface area contributed by atoms with Crippen molar-refractivity contribution >= 4 is 11.8 Å². The molecule has 0 rings (SSSR count). The summed E-state index contributed by atoms with van der Waals surface area (Å²) >= 11 is 0. The fourth-order valence-corrected chi connectivity index (χ4v) is 1.28. The third-order valence-corrected chi connectivity index (χ3v) is 2.57. The molecule has 0 amide bonds. The third-order valence-electron chi connectivity index (χ3n) is 2.57. The van der Waals surface area contributed by atoms with Gasteiger partial charge in [-0.3, -0.25) is 19.7 Å². The lowest BCUT2D eigenvalue weighted by molar-refractivity contribution is -0.550. The monoisotopic (exact) mass is 245 g/mol. The smallest absolute Gasteiger partial charge is 0.309 e. The second kappa shape index (κ2) is 6.98. The van der Waals surface area contributed by atoms with Gasteiger partial charge in [-0.2, -0.15) is 0 Å². The van der Waals surface area contributed by atoms with E-state index in [1.807, 2.05) is 6.92 Å². The van der Waals surface area contributed by atoms with Crippen molar-refractivity contribution in [2.75, 3.05) is 6.61 Å². The summed E-state index contributed by atoms with van der Waals surface area (Å²) in [7, 11) is 0. The van der Waals surface area contributed by atoms with Gasteiger partial charge in [0.2, 0.25) is 5.78 Å². The molecule has 0 aliphatic rings. The maximum atomic E-state index is 11.8. The van der Waals surface area contributed by atoms with Crippen molar-refractivity contribution in [3.05, 3.63) is 10.1 Å². The van der Waals surface area contributed by atoms with E-state index in [2.05, 4.69) is 4.74 Å². The number of nitrogens with zero attached hydrogens (tertiary/aromatic N) is 1. The zero-order chi connectivity index (χ0) is 13.5. The number of carbonyl (C=O) groups excluding carboxylic acids is 2. The quantitative estimate of drug-likeness (QED) is 0.281. The summed E-state index contributed by atoms with van der Waals surface area (Å²) in [6.45, 7) is 3.84. The van der Waals surface area contributed by atoms with Crippen LogP contribution in [0.3, 0.4) is 0 Å². The van der Waals surface area contributed by atoms with Crippen LogP contribution in [0, 0.1) is 10.1 Å². The Hall–Kier alpha value is -1.46. The number of Topliss-reactive ketones (excluding diaryl/α,β-unsaturated/α-hetero) is 1. The predicted molar refractivity (Wildman–Crippen MR) is 61.2 cm³/mol. The Morgan fingerprint density at radius 2 is 1.94 bits per heavy atom. The molecule has 0 fully saturated rings. The van der Waals surface area contributed by atoms with Gasteiger partial charge in [0.25, 0.3) is 0 Å². The van der Waals surface area contributed by atoms with Gasteiger partial charge in [-0.15, -0.1) is 0 Å². The van der Waals surface area contributed by atoms with Crippen molar-refractivity contribution in [1.29, 1.82) is 0 Å². The zero-order valence-electron chi connectivity index (χ0n) is 10.5. The van der Waals surface area contributed by atoms with Gasteiger partial charge in [-0.25, -0.2) is 0 Å². The van der Waals surface area contributed by atoms with Gasteiger partial charge < -0.3 is 4.74 Å². The Bertz CT molecular complexity index is 302. The standard InChI is InChI=1S/C11H19NO5/c1-4-5-6-7-10(14)11(3,12(15)16)8-17-9(2)13/h4-8H2,1-3H3. The molecule has 0 aliphatic heterocycles. The first kappa shape index (κ1) is 15.5. The van der Waals surface area contributed by atoms with Crippen molar-refractivity contribution < 1.29 is 19.2 Å². The first-order valence-electron chi connectivity index (χ1n) is 5.65. The number of rotatable bonds is 8. The molecule has 0 saturated carbocycles. The fourth-order valence-electron chi connectivity index (χ4n) is 1.28. The molecule has 98 valence electrons. The first-order valence-corrected chi connectivity index (χ1v) is 5.65. The second-order valence-electron chi connectivity index (χ2n) is 4.19. The van der Waals surface area contributed by atoms with Crippen molar-refractivity contribution in [2.24, 2.45) is 0 Å². The maximum absolute atomic E-state index is 11.8. The predicted octanol–water partition coefficient (Wildman–Crippen LogP) is 1.73. The van der Waals surface area contributed by atoms with Gasteiger partial charge in [0.1, 0.15) is 0 Å². The van der Waals surface area contributed by atoms with E-state index >= 15 is 0 Å². The van der Waals surface area contributed by atoms with E-state index in [-0.39, 0.29) is 6.42 Å². The third kappa shape index (κ3) is 4.93. The molecule has 6 heteroatoms. The van der Waals surface area contributed by atoms with Crippen LogP contribution in [0.2, 0.25) is 0 Å². The van der Waals surface area contributed by atoms with Crippen molar-refractivity contribution in [3.63, 3.8) is 0 Å². The van der Waals surface area contributed by atoms with Crippen molar-refractivity contribution in [2.45, 2.75) is 52.0 Å². The van der Waals surface area contributed by atoms with Gasteiger partial charge in [0.15, 0.2) is 6.61 Å². The summed E-state index contributed by atoms with van der Waals surface area (Å²) in [5, 5.41) is 10.9. The number of unbranched alkanes of at least 4 members (excludes halogenated alkanes) is 2. The molecule has 17 heavy (non-hydrogen) atoms. The molecule has 0 saturated heterocycles. The minimum atomic E-state index is -1.82. The van der Waals surface area contributed by atoms with E-state index < -0.39 is 28.8 Å². The minimum Gasteiger partial charge on any atom is -0.458 e. The van der Waals surface area contributed by atoms with Crippen LogP contribution in [0.1, 0.15) is 46.5 Å². The Balaban J connectivity index is 4.52. The van der Waals surface area contributed by atoms with Gasteiger partial charge in [0, 0.05) is 25.2 Å². The van der Waals surface area contributed by atoms with Crippen LogP contribution in [0.5, 0.6) is 0 Å². The summed E-state index contributed by atoms with van der Waals surface area (Å²) in [5.74, 6) is -1.11. The van der Waals surface area contributed by atoms with Crippen molar-refractivity contribution in [3.8, 4) is 0 Å².